The topological polar surface area (TPSA) is 60.4 Å². The molecule has 5 aliphatic carbocycles. The smallest absolute Gasteiger partial charge is 0.303 e. The van der Waals surface area contributed by atoms with E-state index in [1.54, 1.807) is 6.92 Å². The molecule has 5 rings (SSSR count). The fraction of sp³-hybridized carbons (Fsp3) is 0.708. The molecule has 0 aromatic carbocycles. The van der Waals surface area contributed by atoms with Gasteiger partial charge in [0.1, 0.15) is 0 Å². The van der Waals surface area contributed by atoms with Crippen LogP contribution in [0.3, 0.4) is 0 Å². The fourth-order valence-corrected chi connectivity index (χ4v) is 7.96. The van der Waals surface area contributed by atoms with E-state index in [1.807, 2.05) is 6.08 Å². The van der Waals surface area contributed by atoms with E-state index in [-0.39, 0.29) is 28.5 Å². The molecule has 0 aromatic heterocycles. The van der Waals surface area contributed by atoms with Crippen molar-refractivity contribution >= 4 is 17.5 Å². The number of allylic oxidation sites excluding steroid dienone is 4. The quantitative estimate of drug-likeness (QED) is 0.676. The molecule has 3 saturated carbocycles. The summed E-state index contributed by atoms with van der Waals surface area (Å²) in [6.07, 6.45) is 10.9. The molecule has 0 saturated heterocycles. The van der Waals surface area contributed by atoms with Crippen LogP contribution < -0.4 is 0 Å². The van der Waals surface area contributed by atoms with Crippen LogP contribution in [0.4, 0.5) is 0 Å². The van der Waals surface area contributed by atoms with Gasteiger partial charge in [-0.05, 0) is 79.8 Å². The van der Waals surface area contributed by atoms with Gasteiger partial charge in [-0.2, -0.15) is 0 Å². The van der Waals surface area contributed by atoms with Gasteiger partial charge >= 0.3 is 5.97 Å². The lowest BCUT2D eigenvalue weighted by Gasteiger charge is -2.57. The van der Waals surface area contributed by atoms with Gasteiger partial charge in [-0.1, -0.05) is 26.0 Å². The Morgan fingerprint density at radius 3 is 2.46 bits per heavy atom. The third kappa shape index (κ3) is 1.99. The summed E-state index contributed by atoms with van der Waals surface area (Å²) in [7, 11) is 0. The van der Waals surface area contributed by atoms with Crippen molar-refractivity contribution in [2.24, 2.45) is 40.4 Å². The molecule has 0 aromatic rings. The van der Waals surface area contributed by atoms with Crippen molar-refractivity contribution in [1.82, 2.24) is 0 Å². The molecule has 0 radical (unpaired) electrons. The Labute approximate surface area is 166 Å². The van der Waals surface area contributed by atoms with Gasteiger partial charge in [0.25, 0.3) is 0 Å². The van der Waals surface area contributed by atoms with Gasteiger partial charge in [-0.25, -0.2) is 0 Å². The average Bonchev–Trinajstić information content (AvgIpc) is 3.37. The molecule has 0 bridgehead atoms. The third-order valence-electron chi connectivity index (χ3n) is 9.45. The Bertz CT molecular complexity index is 853. The number of carbonyl (C=O) groups excluding carboxylic acids is 3. The summed E-state index contributed by atoms with van der Waals surface area (Å²) in [5.41, 5.74) is -0.00957. The molecule has 0 N–H and O–H groups in total. The van der Waals surface area contributed by atoms with Crippen molar-refractivity contribution in [3.8, 4) is 0 Å². The highest BCUT2D eigenvalue weighted by Crippen LogP contribution is 2.71. The lowest BCUT2D eigenvalue weighted by Crippen LogP contribution is -2.58. The predicted molar refractivity (Wildman–Crippen MR) is 104 cm³/mol. The van der Waals surface area contributed by atoms with Gasteiger partial charge in [-0.3, -0.25) is 14.4 Å². The number of ether oxygens (including phenoxy) is 1. The maximum absolute atomic E-state index is 12.8. The second kappa shape index (κ2) is 5.46. The summed E-state index contributed by atoms with van der Waals surface area (Å²) in [5.74, 6) is 1.87. The number of Topliss-reactive ketones (excluding diaryl/α,β-unsaturated/α-hetero) is 1. The van der Waals surface area contributed by atoms with Crippen LogP contribution in [0.1, 0.15) is 59.8 Å². The lowest BCUT2D eigenvalue weighted by molar-refractivity contribution is -0.185. The molecule has 3 fully saturated rings. The Morgan fingerprint density at radius 2 is 1.79 bits per heavy atom. The van der Waals surface area contributed by atoms with Crippen molar-refractivity contribution in [3.05, 3.63) is 23.8 Å². The summed E-state index contributed by atoms with van der Waals surface area (Å²) in [4.78, 5) is 37.0. The van der Waals surface area contributed by atoms with Crippen LogP contribution in [-0.4, -0.2) is 23.1 Å². The van der Waals surface area contributed by atoms with E-state index in [4.69, 9.17) is 4.74 Å². The maximum atomic E-state index is 12.8. The molecule has 8 atom stereocenters. The van der Waals surface area contributed by atoms with Crippen LogP contribution in [0.2, 0.25) is 0 Å². The minimum atomic E-state index is -0.982. The molecule has 0 aliphatic heterocycles. The van der Waals surface area contributed by atoms with E-state index in [0.717, 1.165) is 25.7 Å². The van der Waals surface area contributed by atoms with Gasteiger partial charge < -0.3 is 4.74 Å². The molecule has 0 unspecified atom stereocenters. The second-order valence-electron chi connectivity index (χ2n) is 10.4. The zero-order chi connectivity index (χ0) is 20.1. The van der Waals surface area contributed by atoms with Crippen LogP contribution in [0.5, 0.6) is 0 Å². The summed E-state index contributed by atoms with van der Waals surface area (Å²) in [6.45, 7) is 7.55. The Balaban J connectivity index is 1.56. The summed E-state index contributed by atoms with van der Waals surface area (Å²) in [6, 6.07) is 0. The largest absolute Gasteiger partial charge is 0.451 e. The van der Waals surface area contributed by atoms with Crippen LogP contribution in [0, 0.1) is 40.4 Å². The SMILES string of the molecule is CC(=O)O[C@]1(C(C)=O)CC[C@@H]2[C@H]3C=CC4=CC(=O)[C@@H]5C[C@@H]5[C@]4(C)[C@@H]3CC[C@@]21C. The van der Waals surface area contributed by atoms with Gasteiger partial charge in [-0.15, -0.1) is 0 Å². The third-order valence-corrected chi connectivity index (χ3v) is 9.45. The summed E-state index contributed by atoms with van der Waals surface area (Å²) < 4.78 is 5.82. The number of hydrogen-bond acceptors (Lipinski definition) is 4. The summed E-state index contributed by atoms with van der Waals surface area (Å²) in [5, 5.41) is 0. The fourth-order valence-electron chi connectivity index (χ4n) is 7.96. The van der Waals surface area contributed by atoms with Crippen molar-refractivity contribution in [2.75, 3.05) is 0 Å². The molecule has 4 heteroatoms. The highest BCUT2D eigenvalue weighted by atomic mass is 16.6. The van der Waals surface area contributed by atoms with Gasteiger partial charge in [0, 0.05) is 18.3 Å². The van der Waals surface area contributed by atoms with Crippen LogP contribution in [0.15, 0.2) is 23.8 Å². The van der Waals surface area contributed by atoms with Gasteiger partial charge in [0.05, 0.1) is 0 Å². The standard InChI is InChI=1S/C24H30O4/c1-13(25)24(28-14(2)26)10-8-18-16-6-5-15-11-21(27)17-12-20(17)23(15,4)19(16)7-9-22(18,24)3/h5-6,11,16-20H,7-10,12H2,1-4H3/t16-,17-,18-,19-,20+,22+,23+,24+/m1/s1. The van der Waals surface area contributed by atoms with Crippen molar-refractivity contribution < 1.29 is 19.1 Å². The van der Waals surface area contributed by atoms with Crippen molar-refractivity contribution in [3.63, 3.8) is 0 Å². The first kappa shape index (κ1) is 18.3. The molecule has 150 valence electrons. The molecule has 0 heterocycles. The zero-order valence-electron chi connectivity index (χ0n) is 17.3. The number of carbonyl (C=O) groups is 3. The lowest BCUT2D eigenvalue weighted by atomic mass is 9.47. The first-order valence-corrected chi connectivity index (χ1v) is 10.8. The van der Waals surface area contributed by atoms with Crippen molar-refractivity contribution in [1.29, 1.82) is 0 Å². The first-order chi connectivity index (χ1) is 13.1. The van der Waals surface area contributed by atoms with E-state index in [1.165, 1.54) is 12.5 Å². The molecule has 28 heavy (non-hydrogen) atoms. The van der Waals surface area contributed by atoms with Crippen LogP contribution in [0.25, 0.3) is 0 Å². The molecule has 5 aliphatic rings. The second-order valence-corrected chi connectivity index (χ2v) is 10.4. The number of hydrogen-bond donors (Lipinski definition) is 0. The molecular formula is C24H30O4. The Morgan fingerprint density at radius 1 is 1.07 bits per heavy atom. The highest BCUT2D eigenvalue weighted by Gasteiger charge is 2.69. The molecule has 0 amide bonds. The molecule has 0 spiro atoms. The Kier molecular flexibility index (Phi) is 3.57. The number of ketones is 2. The normalized spacial score (nSPS) is 50.6. The van der Waals surface area contributed by atoms with E-state index >= 15 is 0 Å². The zero-order valence-corrected chi connectivity index (χ0v) is 17.3. The monoisotopic (exact) mass is 382 g/mol. The predicted octanol–water partition coefficient (Wildman–Crippen LogP) is 4.04. The highest BCUT2D eigenvalue weighted by molar-refractivity contribution is 5.97. The average molecular weight is 383 g/mol. The van der Waals surface area contributed by atoms with Crippen LogP contribution >= 0.6 is 0 Å². The van der Waals surface area contributed by atoms with E-state index in [9.17, 15) is 14.4 Å². The minimum absolute atomic E-state index is 0.0109. The van der Waals surface area contributed by atoms with Crippen molar-refractivity contribution in [2.45, 2.75) is 65.4 Å². The summed E-state index contributed by atoms with van der Waals surface area (Å²) >= 11 is 0. The first-order valence-electron chi connectivity index (χ1n) is 10.8. The molecule has 4 nitrogen and oxygen atoms in total. The van der Waals surface area contributed by atoms with E-state index in [0.29, 0.717) is 35.9 Å². The van der Waals surface area contributed by atoms with Gasteiger partial charge in [0.2, 0.25) is 0 Å². The Hall–Kier alpha value is -1.71. The van der Waals surface area contributed by atoms with E-state index in [2.05, 4.69) is 26.0 Å². The number of esters is 1. The van der Waals surface area contributed by atoms with E-state index < -0.39 is 5.60 Å². The maximum Gasteiger partial charge on any atom is 0.303 e. The van der Waals surface area contributed by atoms with Gasteiger partial charge in [0.15, 0.2) is 17.2 Å². The molecular weight excluding hydrogens is 352 g/mol. The number of rotatable bonds is 2. The number of fused-ring (bicyclic) bond motifs is 7. The minimum Gasteiger partial charge on any atom is -0.451 e. The van der Waals surface area contributed by atoms with Crippen LogP contribution in [-0.2, 0) is 19.1 Å².